The van der Waals surface area contributed by atoms with Crippen LogP contribution >= 0.6 is 0 Å². The zero-order valence-electron chi connectivity index (χ0n) is 11.8. The molecule has 1 aromatic heterocycles. The maximum Gasteiger partial charge on any atom is 0.471 e. The first kappa shape index (κ1) is 16.0. The lowest BCUT2D eigenvalue weighted by atomic mass is 10.1. The lowest BCUT2D eigenvalue weighted by Gasteiger charge is -2.11. The van der Waals surface area contributed by atoms with E-state index < -0.39 is 23.7 Å². The fourth-order valence-corrected chi connectivity index (χ4v) is 2.33. The number of anilines is 1. The summed E-state index contributed by atoms with van der Waals surface area (Å²) in [7, 11) is 0. The van der Waals surface area contributed by atoms with Crippen LogP contribution in [0.25, 0.3) is 22.2 Å². The van der Waals surface area contributed by atoms with Crippen LogP contribution in [0.1, 0.15) is 0 Å². The highest BCUT2D eigenvalue weighted by molar-refractivity contribution is 5.99. The topological polar surface area (TPSA) is 44.9 Å². The molecule has 0 saturated heterocycles. The van der Waals surface area contributed by atoms with Crippen LogP contribution in [-0.2, 0) is 4.79 Å². The fraction of sp³-hybridized carbons (Fsp3) is 0.0625. The van der Waals surface area contributed by atoms with Gasteiger partial charge >= 0.3 is 12.1 Å². The molecule has 0 aliphatic heterocycles. The number of para-hydroxylation sites is 1. The van der Waals surface area contributed by atoms with Gasteiger partial charge in [0.25, 0.3) is 0 Å². The van der Waals surface area contributed by atoms with Gasteiger partial charge in [-0.1, -0.05) is 18.2 Å². The zero-order chi connectivity index (χ0) is 17.5. The third-order valence-corrected chi connectivity index (χ3v) is 3.37. The molecule has 3 nitrogen and oxygen atoms in total. The molecular weight excluding hydrogens is 331 g/mol. The van der Waals surface area contributed by atoms with Crippen LogP contribution in [0.4, 0.5) is 27.6 Å². The summed E-state index contributed by atoms with van der Waals surface area (Å²) in [6.07, 6.45) is -5.04. The van der Waals surface area contributed by atoms with Crippen LogP contribution in [-0.4, -0.2) is 17.1 Å². The molecule has 0 radical (unpaired) electrons. The summed E-state index contributed by atoms with van der Waals surface area (Å²) in [5.41, 5.74) is 0.370. The first-order valence-electron chi connectivity index (χ1n) is 6.71. The number of benzene rings is 2. The quantitative estimate of drug-likeness (QED) is 0.657. The Balaban J connectivity index is 2.07. The van der Waals surface area contributed by atoms with Crippen molar-refractivity contribution in [3.63, 3.8) is 0 Å². The molecule has 24 heavy (non-hydrogen) atoms. The molecule has 0 unspecified atom stereocenters. The van der Waals surface area contributed by atoms with Crippen molar-refractivity contribution in [3.8, 4) is 11.3 Å². The van der Waals surface area contributed by atoms with E-state index in [0.717, 1.165) is 6.07 Å². The summed E-state index contributed by atoms with van der Waals surface area (Å²) >= 11 is 0. The SMILES string of the molecule is O=C(Nc1ccccc1-c1cc2cc(F)cc(F)c2[nH]1)C(F)(F)F. The van der Waals surface area contributed by atoms with Crippen molar-refractivity contribution in [1.82, 2.24) is 4.98 Å². The van der Waals surface area contributed by atoms with E-state index in [-0.39, 0.29) is 27.8 Å². The van der Waals surface area contributed by atoms with Crippen molar-refractivity contribution in [2.45, 2.75) is 6.18 Å². The van der Waals surface area contributed by atoms with Crippen molar-refractivity contribution < 1.29 is 26.7 Å². The van der Waals surface area contributed by atoms with Crippen LogP contribution in [0.3, 0.4) is 0 Å². The average molecular weight is 340 g/mol. The Morgan fingerprint density at radius 2 is 1.75 bits per heavy atom. The van der Waals surface area contributed by atoms with E-state index in [1.54, 1.807) is 11.4 Å². The first-order valence-corrected chi connectivity index (χ1v) is 6.71. The molecule has 0 aliphatic carbocycles. The molecule has 124 valence electrons. The number of aromatic amines is 1. The number of hydrogen-bond donors (Lipinski definition) is 2. The second kappa shape index (κ2) is 5.63. The number of halogens is 5. The molecule has 3 aromatic rings. The Hall–Kier alpha value is -2.90. The van der Waals surface area contributed by atoms with Gasteiger partial charge in [0.1, 0.15) is 11.6 Å². The van der Waals surface area contributed by atoms with Gasteiger partial charge in [-0.2, -0.15) is 13.2 Å². The number of hydrogen-bond acceptors (Lipinski definition) is 1. The predicted molar refractivity (Wildman–Crippen MR) is 78.3 cm³/mol. The highest BCUT2D eigenvalue weighted by Gasteiger charge is 2.39. The molecule has 8 heteroatoms. The van der Waals surface area contributed by atoms with E-state index in [0.29, 0.717) is 6.07 Å². The van der Waals surface area contributed by atoms with E-state index >= 15 is 0 Å². The predicted octanol–water partition coefficient (Wildman–Crippen LogP) is 4.61. The molecule has 3 rings (SSSR count). The Labute approximate surface area is 132 Å². The number of H-pyrrole nitrogens is 1. The highest BCUT2D eigenvalue weighted by Crippen LogP contribution is 2.32. The van der Waals surface area contributed by atoms with Gasteiger partial charge in [-0.25, -0.2) is 8.78 Å². The van der Waals surface area contributed by atoms with E-state index in [4.69, 9.17) is 0 Å². The Kier molecular flexibility index (Phi) is 3.75. The normalized spacial score (nSPS) is 11.7. The number of aromatic nitrogens is 1. The van der Waals surface area contributed by atoms with Gasteiger partial charge in [-0.05, 0) is 18.2 Å². The number of alkyl halides is 3. The number of carbonyl (C=O) groups is 1. The molecule has 1 heterocycles. The third-order valence-electron chi connectivity index (χ3n) is 3.37. The van der Waals surface area contributed by atoms with Gasteiger partial charge in [-0.15, -0.1) is 0 Å². The first-order chi connectivity index (χ1) is 11.3. The van der Waals surface area contributed by atoms with E-state index in [1.807, 2.05) is 0 Å². The van der Waals surface area contributed by atoms with E-state index in [9.17, 15) is 26.7 Å². The van der Waals surface area contributed by atoms with Crippen molar-refractivity contribution in [1.29, 1.82) is 0 Å². The molecule has 1 amide bonds. The molecular formula is C16H9F5N2O. The standard InChI is InChI=1S/C16H9F5N2O/c17-9-5-8-6-13(22-14(8)11(18)7-9)10-3-1-2-4-12(10)23-15(24)16(19,20)21/h1-7,22H,(H,23,24). The maximum atomic E-state index is 13.8. The van der Waals surface area contributed by atoms with Crippen LogP contribution in [0.5, 0.6) is 0 Å². The van der Waals surface area contributed by atoms with Crippen molar-refractivity contribution in [2.24, 2.45) is 0 Å². The second-order valence-corrected chi connectivity index (χ2v) is 5.03. The van der Waals surface area contributed by atoms with Gasteiger partial charge in [-0.3, -0.25) is 4.79 Å². The van der Waals surface area contributed by atoms with E-state index in [1.165, 1.54) is 24.3 Å². The number of amides is 1. The minimum Gasteiger partial charge on any atom is -0.352 e. The number of nitrogens with one attached hydrogen (secondary N) is 2. The Bertz CT molecular complexity index is 930. The molecule has 2 N–H and O–H groups in total. The zero-order valence-corrected chi connectivity index (χ0v) is 11.8. The second-order valence-electron chi connectivity index (χ2n) is 5.03. The summed E-state index contributed by atoms with van der Waals surface area (Å²) < 4.78 is 64.3. The van der Waals surface area contributed by atoms with Crippen LogP contribution in [0, 0.1) is 11.6 Å². The largest absolute Gasteiger partial charge is 0.471 e. The van der Waals surface area contributed by atoms with Crippen molar-refractivity contribution >= 4 is 22.5 Å². The summed E-state index contributed by atoms with van der Waals surface area (Å²) in [6.45, 7) is 0. The number of fused-ring (bicyclic) bond motifs is 1. The van der Waals surface area contributed by atoms with Gasteiger partial charge in [0.05, 0.1) is 11.2 Å². The molecule has 0 saturated carbocycles. The smallest absolute Gasteiger partial charge is 0.352 e. The van der Waals surface area contributed by atoms with Gasteiger partial charge in [0, 0.05) is 22.7 Å². The summed E-state index contributed by atoms with van der Waals surface area (Å²) in [5.74, 6) is -3.72. The van der Waals surface area contributed by atoms with Gasteiger partial charge in [0.2, 0.25) is 0 Å². The summed E-state index contributed by atoms with van der Waals surface area (Å²) in [6, 6.07) is 8.89. The number of carbonyl (C=O) groups excluding carboxylic acids is 1. The van der Waals surface area contributed by atoms with Gasteiger partial charge < -0.3 is 10.3 Å². The lowest BCUT2D eigenvalue weighted by molar-refractivity contribution is -0.167. The minimum atomic E-state index is -5.04. The molecule has 0 fully saturated rings. The van der Waals surface area contributed by atoms with Crippen molar-refractivity contribution in [2.75, 3.05) is 5.32 Å². The molecule has 0 aliphatic rings. The maximum absolute atomic E-state index is 13.8. The van der Waals surface area contributed by atoms with Crippen LogP contribution < -0.4 is 5.32 Å². The lowest BCUT2D eigenvalue weighted by Crippen LogP contribution is -2.30. The van der Waals surface area contributed by atoms with Gasteiger partial charge in [0.15, 0.2) is 0 Å². The molecule has 2 aromatic carbocycles. The Morgan fingerprint density at radius 1 is 1.04 bits per heavy atom. The molecule has 0 bridgehead atoms. The third kappa shape index (κ3) is 2.94. The highest BCUT2D eigenvalue weighted by atomic mass is 19.4. The fourth-order valence-electron chi connectivity index (χ4n) is 2.33. The number of rotatable bonds is 2. The summed E-state index contributed by atoms with van der Waals surface area (Å²) in [4.78, 5) is 13.8. The minimum absolute atomic E-state index is 0.0170. The van der Waals surface area contributed by atoms with Crippen molar-refractivity contribution in [3.05, 3.63) is 54.1 Å². The average Bonchev–Trinajstić information content (AvgIpc) is 2.90. The Morgan fingerprint density at radius 3 is 2.46 bits per heavy atom. The van der Waals surface area contributed by atoms with Crippen LogP contribution in [0.2, 0.25) is 0 Å². The monoisotopic (exact) mass is 340 g/mol. The summed E-state index contributed by atoms with van der Waals surface area (Å²) in [5, 5.41) is 1.99. The van der Waals surface area contributed by atoms with E-state index in [2.05, 4.69) is 4.98 Å². The molecule has 0 spiro atoms. The van der Waals surface area contributed by atoms with Crippen LogP contribution in [0.15, 0.2) is 42.5 Å². The molecule has 0 atom stereocenters.